The van der Waals surface area contributed by atoms with Gasteiger partial charge in [-0.05, 0) is 44.7 Å². The van der Waals surface area contributed by atoms with Crippen LogP contribution in [0.1, 0.15) is 51.5 Å². The van der Waals surface area contributed by atoms with E-state index in [0.29, 0.717) is 12.1 Å². The topological polar surface area (TPSA) is 83.9 Å². The quantitative estimate of drug-likeness (QED) is 0.857. The van der Waals surface area contributed by atoms with Crippen molar-refractivity contribution in [3.8, 4) is 0 Å². The van der Waals surface area contributed by atoms with Crippen LogP contribution in [0.5, 0.6) is 0 Å². The Kier molecular flexibility index (Phi) is 5.26. The number of carboxylic acid groups (broad SMARTS) is 1. The van der Waals surface area contributed by atoms with Crippen molar-refractivity contribution in [1.82, 2.24) is 0 Å². The number of nitrogens with zero attached hydrogens (tertiary/aromatic N) is 1. The van der Waals surface area contributed by atoms with Crippen LogP contribution in [0.3, 0.4) is 0 Å². The summed E-state index contributed by atoms with van der Waals surface area (Å²) in [6.45, 7) is 5.05. The molecule has 2 rings (SSSR count). The molecule has 0 radical (unpaired) electrons. The molecular formula is C18H23NO5. The van der Waals surface area contributed by atoms with Gasteiger partial charge in [0.2, 0.25) is 5.91 Å². The molecule has 24 heavy (non-hydrogen) atoms. The minimum atomic E-state index is -1.07. The molecule has 0 fully saturated rings. The molecule has 1 atom stereocenters. The lowest BCUT2D eigenvalue weighted by Gasteiger charge is -2.24. The molecule has 0 spiro atoms. The largest absolute Gasteiger partial charge is 0.480 e. The number of fused-ring (bicyclic) bond motifs is 1. The van der Waals surface area contributed by atoms with Gasteiger partial charge >= 0.3 is 11.9 Å². The molecule has 0 saturated carbocycles. The molecule has 1 aromatic carbocycles. The Morgan fingerprint density at radius 2 is 1.96 bits per heavy atom. The summed E-state index contributed by atoms with van der Waals surface area (Å²) in [5, 5.41) is 9.07. The molecule has 1 N–H and O–H groups in total. The number of carbonyl (C=O) groups excluding carboxylic acids is 2. The van der Waals surface area contributed by atoms with Gasteiger partial charge in [-0.3, -0.25) is 14.4 Å². The third-order valence-corrected chi connectivity index (χ3v) is 3.80. The van der Waals surface area contributed by atoms with Gasteiger partial charge in [-0.2, -0.15) is 0 Å². The van der Waals surface area contributed by atoms with Gasteiger partial charge in [0.15, 0.2) is 0 Å². The molecule has 0 unspecified atom stereocenters. The summed E-state index contributed by atoms with van der Waals surface area (Å²) in [6.07, 6.45) is 0.864. The van der Waals surface area contributed by atoms with Crippen molar-refractivity contribution in [1.29, 1.82) is 0 Å². The molecular weight excluding hydrogens is 310 g/mol. The molecule has 1 heterocycles. The number of amides is 1. The molecule has 6 heteroatoms. The molecule has 0 saturated heterocycles. The van der Waals surface area contributed by atoms with Crippen molar-refractivity contribution in [2.75, 3.05) is 11.4 Å². The Hall–Kier alpha value is -2.37. The van der Waals surface area contributed by atoms with E-state index in [-0.39, 0.29) is 37.2 Å². The van der Waals surface area contributed by atoms with Crippen molar-refractivity contribution < 1.29 is 24.2 Å². The molecule has 0 aliphatic carbocycles. The van der Waals surface area contributed by atoms with Crippen molar-refractivity contribution in [2.24, 2.45) is 0 Å². The van der Waals surface area contributed by atoms with Crippen LogP contribution >= 0.6 is 0 Å². The SMILES string of the molecule is CC(C)(C)OC(=O)C[C@@H]1CCC(=O)N(CC(=O)O)c2ccccc21. The highest BCUT2D eigenvalue weighted by Gasteiger charge is 2.31. The minimum Gasteiger partial charge on any atom is -0.480 e. The lowest BCUT2D eigenvalue weighted by atomic mass is 9.91. The second-order valence-corrected chi connectivity index (χ2v) is 6.96. The zero-order valence-electron chi connectivity index (χ0n) is 14.2. The Morgan fingerprint density at radius 1 is 1.29 bits per heavy atom. The second kappa shape index (κ2) is 7.03. The smallest absolute Gasteiger partial charge is 0.323 e. The Labute approximate surface area is 141 Å². The molecule has 1 aromatic rings. The standard InChI is InChI=1S/C18H23NO5/c1-18(2,3)24-17(23)10-12-8-9-15(20)19(11-16(21)22)14-7-5-4-6-13(12)14/h4-7,12H,8-11H2,1-3H3,(H,21,22)/t12-/m0/s1. The molecule has 1 aliphatic rings. The number of hydrogen-bond acceptors (Lipinski definition) is 4. The Bertz CT molecular complexity index is 647. The third kappa shape index (κ3) is 4.57. The highest BCUT2D eigenvalue weighted by molar-refractivity contribution is 5.99. The van der Waals surface area contributed by atoms with Crippen LogP contribution in [-0.4, -0.2) is 35.1 Å². The summed E-state index contributed by atoms with van der Waals surface area (Å²) < 4.78 is 5.38. The average Bonchev–Trinajstić information content (AvgIpc) is 2.57. The number of hydrogen-bond donors (Lipinski definition) is 1. The van der Waals surface area contributed by atoms with Crippen LogP contribution in [0.25, 0.3) is 0 Å². The lowest BCUT2D eigenvalue weighted by molar-refractivity contribution is -0.155. The molecule has 6 nitrogen and oxygen atoms in total. The van der Waals surface area contributed by atoms with E-state index in [0.717, 1.165) is 5.56 Å². The number of ether oxygens (including phenoxy) is 1. The van der Waals surface area contributed by atoms with E-state index < -0.39 is 11.6 Å². The van der Waals surface area contributed by atoms with E-state index in [2.05, 4.69) is 0 Å². The first-order chi connectivity index (χ1) is 11.2. The van der Waals surface area contributed by atoms with Gasteiger partial charge in [-0.15, -0.1) is 0 Å². The molecule has 1 aliphatic heterocycles. The Balaban J connectivity index is 2.29. The van der Waals surface area contributed by atoms with Crippen LogP contribution < -0.4 is 4.90 Å². The van der Waals surface area contributed by atoms with Crippen LogP contribution in [0.15, 0.2) is 24.3 Å². The van der Waals surface area contributed by atoms with E-state index in [1.807, 2.05) is 32.9 Å². The van der Waals surface area contributed by atoms with E-state index >= 15 is 0 Å². The highest BCUT2D eigenvalue weighted by Crippen LogP contribution is 2.37. The minimum absolute atomic E-state index is 0.168. The zero-order valence-corrected chi connectivity index (χ0v) is 14.2. The first-order valence-electron chi connectivity index (χ1n) is 8.00. The van der Waals surface area contributed by atoms with E-state index in [1.54, 1.807) is 12.1 Å². The van der Waals surface area contributed by atoms with Crippen LogP contribution in [0.2, 0.25) is 0 Å². The van der Waals surface area contributed by atoms with E-state index in [9.17, 15) is 14.4 Å². The number of carboxylic acids is 1. The fourth-order valence-corrected chi connectivity index (χ4v) is 2.91. The van der Waals surface area contributed by atoms with Gasteiger partial charge in [-0.25, -0.2) is 0 Å². The van der Waals surface area contributed by atoms with Crippen LogP contribution in [0.4, 0.5) is 5.69 Å². The third-order valence-electron chi connectivity index (χ3n) is 3.80. The van der Waals surface area contributed by atoms with Gasteiger partial charge < -0.3 is 14.7 Å². The maximum atomic E-state index is 12.3. The zero-order chi connectivity index (χ0) is 17.9. The van der Waals surface area contributed by atoms with Gasteiger partial charge in [-0.1, -0.05) is 18.2 Å². The fraction of sp³-hybridized carbons (Fsp3) is 0.500. The highest BCUT2D eigenvalue weighted by atomic mass is 16.6. The van der Waals surface area contributed by atoms with Crippen LogP contribution in [0, 0.1) is 0 Å². The number of rotatable bonds is 4. The maximum Gasteiger partial charge on any atom is 0.323 e. The number of carbonyl (C=O) groups is 3. The molecule has 0 aromatic heterocycles. The maximum absolute atomic E-state index is 12.3. The molecule has 130 valence electrons. The van der Waals surface area contributed by atoms with Crippen molar-refractivity contribution in [2.45, 2.75) is 51.6 Å². The number of benzene rings is 1. The Morgan fingerprint density at radius 3 is 2.58 bits per heavy atom. The molecule has 0 bridgehead atoms. The van der Waals surface area contributed by atoms with Gasteiger partial charge in [0.05, 0.1) is 6.42 Å². The first-order valence-corrected chi connectivity index (χ1v) is 8.00. The number of esters is 1. The fourth-order valence-electron chi connectivity index (χ4n) is 2.91. The summed E-state index contributed by atoms with van der Waals surface area (Å²) in [6, 6.07) is 7.16. The summed E-state index contributed by atoms with van der Waals surface area (Å²) in [7, 11) is 0. The monoisotopic (exact) mass is 333 g/mol. The van der Waals surface area contributed by atoms with Crippen molar-refractivity contribution in [3.05, 3.63) is 29.8 Å². The molecule has 1 amide bonds. The van der Waals surface area contributed by atoms with Crippen LogP contribution in [-0.2, 0) is 19.1 Å². The van der Waals surface area contributed by atoms with E-state index in [4.69, 9.17) is 9.84 Å². The van der Waals surface area contributed by atoms with Crippen molar-refractivity contribution >= 4 is 23.5 Å². The summed E-state index contributed by atoms with van der Waals surface area (Å²) in [5.74, 6) is -1.79. The summed E-state index contributed by atoms with van der Waals surface area (Å²) in [5.41, 5.74) is 0.818. The second-order valence-electron chi connectivity index (χ2n) is 6.96. The number of aliphatic carboxylic acids is 1. The van der Waals surface area contributed by atoms with E-state index in [1.165, 1.54) is 4.90 Å². The lowest BCUT2D eigenvalue weighted by Crippen LogP contribution is -2.35. The van der Waals surface area contributed by atoms with Crippen molar-refractivity contribution in [3.63, 3.8) is 0 Å². The predicted molar refractivity (Wildman–Crippen MR) is 88.9 cm³/mol. The summed E-state index contributed by atoms with van der Waals surface area (Å²) in [4.78, 5) is 36.9. The van der Waals surface area contributed by atoms with Gasteiger partial charge in [0, 0.05) is 12.1 Å². The average molecular weight is 333 g/mol. The number of para-hydroxylation sites is 1. The normalized spacial score (nSPS) is 17.9. The van der Waals surface area contributed by atoms with Gasteiger partial charge in [0.1, 0.15) is 12.1 Å². The predicted octanol–water partition coefficient (Wildman–Crippen LogP) is 2.71. The summed E-state index contributed by atoms with van der Waals surface area (Å²) >= 11 is 0. The number of anilines is 1. The van der Waals surface area contributed by atoms with Gasteiger partial charge in [0.25, 0.3) is 0 Å². The first kappa shape index (κ1) is 18.0.